The first-order chi connectivity index (χ1) is 8.53. The number of hydrogen-bond acceptors (Lipinski definition) is 4. The van der Waals surface area contributed by atoms with Crippen molar-refractivity contribution in [2.75, 3.05) is 20.6 Å². The molecule has 0 bridgehead atoms. The molecule has 18 heavy (non-hydrogen) atoms. The summed E-state index contributed by atoms with van der Waals surface area (Å²) in [7, 11) is 4.09. The van der Waals surface area contributed by atoms with E-state index in [1.54, 1.807) is 0 Å². The van der Waals surface area contributed by atoms with Gasteiger partial charge >= 0.3 is 0 Å². The van der Waals surface area contributed by atoms with Crippen LogP contribution >= 0.6 is 0 Å². The second-order valence-electron chi connectivity index (χ2n) is 5.25. The Kier molecular flexibility index (Phi) is 3.65. The molecule has 1 aliphatic carbocycles. The van der Waals surface area contributed by atoms with E-state index in [0.717, 1.165) is 12.8 Å². The average molecular weight is 252 g/mol. The van der Waals surface area contributed by atoms with E-state index in [0.29, 0.717) is 25.1 Å². The summed E-state index contributed by atoms with van der Waals surface area (Å²) < 4.78 is 0. The molecule has 2 amide bonds. The second kappa shape index (κ2) is 5.06. The van der Waals surface area contributed by atoms with Crippen LogP contribution in [-0.2, 0) is 9.59 Å². The van der Waals surface area contributed by atoms with E-state index in [1.807, 2.05) is 14.1 Å². The predicted molar refractivity (Wildman–Crippen MR) is 68.1 cm³/mol. The molecule has 0 aromatic rings. The highest BCUT2D eigenvalue weighted by Gasteiger charge is 2.39. The van der Waals surface area contributed by atoms with Gasteiger partial charge in [-0.2, -0.15) is 5.10 Å². The van der Waals surface area contributed by atoms with E-state index in [1.165, 1.54) is 6.42 Å². The van der Waals surface area contributed by atoms with Crippen molar-refractivity contribution in [1.29, 1.82) is 0 Å². The Hall–Kier alpha value is -1.43. The molecule has 0 unspecified atom stereocenters. The summed E-state index contributed by atoms with van der Waals surface area (Å²) in [5.74, 6) is -0.293. The van der Waals surface area contributed by atoms with Crippen molar-refractivity contribution in [1.82, 2.24) is 15.6 Å². The number of hydrogen-bond donors (Lipinski definition) is 2. The zero-order chi connectivity index (χ0) is 13.2. The minimum Gasteiger partial charge on any atom is -0.349 e. The quantitative estimate of drug-likeness (QED) is 0.731. The van der Waals surface area contributed by atoms with E-state index in [2.05, 4.69) is 20.7 Å². The van der Waals surface area contributed by atoms with Crippen LogP contribution < -0.4 is 10.7 Å². The van der Waals surface area contributed by atoms with Crippen LogP contribution in [0.15, 0.2) is 5.10 Å². The third-order valence-corrected chi connectivity index (χ3v) is 3.98. The van der Waals surface area contributed by atoms with E-state index >= 15 is 0 Å². The minimum atomic E-state index is -0.164. The van der Waals surface area contributed by atoms with Crippen molar-refractivity contribution in [2.24, 2.45) is 5.10 Å². The van der Waals surface area contributed by atoms with Gasteiger partial charge in [-0.15, -0.1) is 0 Å². The Morgan fingerprint density at radius 3 is 2.61 bits per heavy atom. The van der Waals surface area contributed by atoms with Crippen LogP contribution in [0.2, 0.25) is 0 Å². The number of nitrogens with zero attached hydrogens (tertiary/aromatic N) is 2. The molecule has 0 saturated heterocycles. The fourth-order valence-corrected chi connectivity index (χ4v) is 2.35. The summed E-state index contributed by atoms with van der Waals surface area (Å²) in [6, 6.07) is 0. The van der Waals surface area contributed by atoms with Gasteiger partial charge in [0.1, 0.15) is 5.71 Å². The minimum absolute atomic E-state index is 0.105. The van der Waals surface area contributed by atoms with Crippen molar-refractivity contribution in [3.63, 3.8) is 0 Å². The molecule has 1 heterocycles. The number of nitrogens with one attached hydrogen (secondary N) is 2. The maximum Gasteiger partial charge on any atom is 0.267 e. The van der Waals surface area contributed by atoms with Gasteiger partial charge in [-0.05, 0) is 33.4 Å². The molecule has 2 aliphatic rings. The van der Waals surface area contributed by atoms with Crippen LogP contribution in [0.5, 0.6) is 0 Å². The molecule has 100 valence electrons. The molecule has 2 rings (SSSR count). The Balaban J connectivity index is 1.87. The average Bonchev–Trinajstić information content (AvgIpc) is 2.27. The smallest absolute Gasteiger partial charge is 0.267 e. The highest BCUT2D eigenvalue weighted by molar-refractivity contribution is 6.39. The molecule has 1 saturated carbocycles. The van der Waals surface area contributed by atoms with E-state index in [9.17, 15) is 9.59 Å². The van der Waals surface area contributed by atoms with Gasteiger partial charge in [0.25, 0.3) is 5.91 Å². The maximum absolute atomic E-state index is 11.9. The maximum atomic E-state index is 11.9. The zero-order valence-corrected chi connectivity index (χ0v) is 11.0. The summed E-state index contributed by atoms with van der Waals surface area (Å²) in [6.07, 6.45) is 4.20. The number of likely N-dealkylation sites (N-methyl/N-ethyl adjacent to an activating group) is 1. The Labute approximate surface area is 107 Å². The van der Waals surface area contributed by atoms with Crippen molar-refractivity contribution >= 4 is 17.5 Å². The Morgan fingerprint density at radius 1 is 1.44 bits per heavy atom. The SMILES string of the molecule is CN(C)C1(CNC(=O)C2=NNC(=O)CC2)CCC1. The monoisotopic (exact) mass is 252 g/mol. The van der Waals surface area contributed by atoms with Crippen LogP contribution in [0, 0.1) is 0 Å². The standard InChI is InChI=1S/C12H20N4O2/c1-16(2)12(6-3-7-12)8-13-11(18)9-4-5-10(17)15-14-9/h3-8H2,1-2H3,(H,13,18)(H,15,17). The van der Waals surface area contributed by atoms with Crippen molar-refractivity contribution < 1.29 is 9.59 Å². The number of rotatable bonds is 4. The number of carbonyl (C=O) groups excluding carboxylic acids is 2. The molecule has 0 aromatic heterocycles. The molecule has 0 aromatic carbocycles. The molecular formula is C12H20N4O2. The molecular weight excluding hydrogens is 232 g/mol. The van der Waals surface area contributed by atoms with Crippen molar-refractivity contribution in [2.45, 2.75) is 37.6 Å². The lowest BCUT2D eigenvalue weighted by atomic mass is 9.75. The summed E-state index contributed by atoms with van der Waals surface area (Å²) >= 11 is 0. The molecule has 0 atom stereocenters. The van der Waals surface area contributed by atoms with Crippen LogP contribution in [0.1, 0.15) is 32.1 Å². The number of carbonyl (C=O) groups is 2. The summed E-state index contributed by atoms with van der Waals surface area (Å²) in [6.45, 7) is 0.645. The molecule has 2 N–H and O–H groups in total. The van der Waals surface area contributed by atoms with Gasteiger partial charge in [-0.3, -0.25) is 9.59 Å². The van der Waals surface area contributed by atoms with Gasteiger partial charge in [-0.1, -0.05) is 0 Å². The Morgan fingerprint density at radius 2 is 2.17 bits per heavy atom. The first kappa shape index (κ1) is 13.0. The highest BCUT2D eigenvalue weighted by Crippen LogP contribution is 2.35. The van der Waals surface area contributed by atoms with Crippen LogP contribution in [0.25, 0.3) is 0 Å². The van der Waals surface area contributed by atoms with Gasteiger partial charge < -0.3 is 10.2 Å². The summed E-state index contributed by atoms with van der Waals surface area (Å²) in [4.78, 5) is 25.0. The largest absolute Gasteiger partial charge is 0.349 e. The number of hydrazone groups is 1. The first-order valence-electron chi connectivity index (χ1n) is 6.34. The van der Waals surface area contributed by atoms with Crippen LogP contribution in [0.3, 0.4) is 0 Å². The fourth-order valence-electron chi connectivity index (χ4n) is 2.35. The van der Waals surface area contributed by atoms with Gasteiger partial charge in [-0.25, -0.2) is 5.43 Å². The molecule has 1 fully saturated rings. The number of amides is 2. The lowest BCUT2D eigenvalue weighted by Gasteiger charge is -2.47. The normalized spacial score (nSPS) is 21.9. The van der Waals surface area contributed by atoms with Crippen molar-refractivity contribution in [3.05, 3.63) is 0 Å². The lowest BCUT2D eigenvalue weighted by molar-refractivity contribution is -0.121. The Bertz CT molecular complexity index is 386. The lowest BCUT2D eigenvalue weighted by Crippen LogP contribution is -2.58. The van der Waals surface area contributed by atoms with E-state index in [-0.39, 0.29) is 17.4 Å². The molecule has 1 aliphatic heterocycles. The highest BCUT2D eigenvalue weighted by atomic mass is 16.2. The topological polar surface area (TPSA) is 73.8 Å². The molecule has 6 heteroatoms. The third-order valence-electron chi connectivity index (χ3n) is 3.98. The predicted octanol–water partition coefficient (Wildman–Crippen LogP) is -0.147. The van der Waals surface area contributed by atoms with Crippen LogP contribution in [0.4, 0.5) is 0 Å². The second-order valence-corrected chi connectivity index (χ2v) is 5.25. The van der Waals surface area contributed by atoms with E-state index < -0.39 is 0 Å². The molecule has 6 nitrogen and oxygen atoms in total. The first-order valence-corrected chi connectivity index (χ1v) is 6.34. The van der Waals surface area contributed by atoms with Gasteiger partial charge in [0.2, 0.25) is 5.91 Å². The van der Waals surface area contributed by atoms with Crippen LogP contribution in [-0.4, -0.2) is 48.6 Å². The summed E-state index contributed by atoms with van der Waals surface area (Å²) in [5, 5.41) is 6.72. The van der Waals surface area contributed by atoms with Gasteiger partial charge in [0.05, 0.1) is 0 Å². The van der Waals surface area contributed by atoms with Gasteiger partial charge in [0.15, 0.2) is 0 Å². The van der Waals surface area contributed by atoms with E-state index in [4.69, 9.17) is 0 Å². The fraction of sp³-hybridized carbons (Fsp3) is 0.750. The molecule has 0 spiro atoms. The zero-order valence-electron chi connectivity index (χ0n) is 11.0. The third kappa shape index (κ3) is 2.53. The summed E-state index contributed by atoms with van der Waals surface area (Å²) in [5.41, 5.74) is 2.86. The molecule has 0 radical (unpaired) electrons. The van der Waals surface area contributed by atoms with Crippen molar-refractivity contribution in [3.8, 4) is 0 Å². The van der Waals surface area contributed by atoms with Gasteiger partial charge in [0, 0.05) is 24.9 Å².